The number of hydrogen-bond donors (Lipinski definition) is 1. The van der Waals surface area contributed by atoms with Gasteiger partial charge in [0, 0.05) is 12.6 Å². The fourth-order valence-electron chi connectivity index (χ4n) is 1.93. The van der Waals surface area contributed by atoms with Gasteiger partial charge in [0.05, 0.1) is 5.56 Å². The average molecular weight is 287 g/mol. The number of hydrogen-bond acceptors (Lipinski definition) is 1. The van der Waals surface area contributed by atoms with Gasteiger partial charge in [-0.3, -0.25) is 0 Å². The summed E-state index contributed by atoms with van der Waals surface area (Å²) < 4.78 is 64.2. The Hall–Kier alpha value is -1.95. The maximum atomic E-state index is 13.2. The number of halogens is 5. The van der Waals surface area contributed by atoms with Gasteiger partial charge >= 0.3 is 6.18 Å². The van der Waals surface area contributed by atoms with Gasteiger partial charge in [-0.25, -0.2) is 8.78 Å². The fraction of sp³-hybridized carbons (Fsp3) is 0.143. The summed E-state index contributed by atoms with van der Waals surface area (Å²) in [7, 11) is 0. The highest BCUT2D eigenvalue weighted by Gasteiger charge is 2.30. The molecule has 0 aromatic heterocycles. The summed E-state index contributed by atoms with van der Waals surface area (Å²) in [4.78, 5) is 0. The van der Waals surface area contributed by atoms with Crippen molar-refractivity contribution in [1.82, 2.24) is 0 Å². The van der Waals surface area contributed by atoms with Crippen LogP contribution in [0.5, 0.6) is 0 Å². The predicted octanol–water partition coefficient (Wildman–Crippen LogP) is 4.11. The van der Waals surface area contributed by atoms with Crippen LogP contribution in [-0.2, 0) is 12.7 Å². The lowest BCUT2D eigenvalue weighted by atomic mass is 9.97. The van der Waals surface area contributed by atoms with Crippen molar-refractivity contribution in [2.45, 2.75) is 12.7 Å². The monoisotopic (exact) mass is 287 g/mol. The second-order valence-electron chi connectivity index (χ2n) is 4.23. The number of benzene rings is 2. The summed E-state index contributed by atoms with van der Waals surface area (Å²) in [6, 6.07) is 5.69. The van der Waals surface area contributed by atoms with E-state index in [-0.39, 0.29) is 23.2 Å². The molecule has 0 unspecified atom stereocenters. The third kappa shape index (κ3) is 2.96. The summed E-state index contributed by atoms with van der Waals surface area (Å²) in [6.07, 6.45) is -4.49. The topological polar surface area (TPSA) is 26.0 Å². The minimum Gasteiger partial charge on any atom is -0.326 e. The van der Waals surface area contributed by atoms with E-state index < -0.39 is 23.4 Å². The zero-order valence-electron chi connectivity index (χ0n) is 10.1. The van der Waals surface area contributed by atoms with E-state index in [2.05, 4.69) is 0 Å². The first-order valence-corrected chi connectivity index (χ1v) is 5.68. The zero-order chi connectivity index (χ0) is 14.9. The molecule has 0 aliphatic heterocycles. The molecule has 0 radical (unpaired) electrons. The summed E-state index contributed by atoms with van der Waals surface area (Å²) in [5.74, 6) is -1.61. The lowest BCUT2D eigenvalue weighted by molar-refractivity contribution is -0.137. The highest BCUT2D eigenvalue weighted by molar-refractivity contribution is 5.68. The molecule has 6 heteroatoms. The molecule has 2 N–H and O–H groups in total. The van der Waals surface area contributed by atoms with Crippen LogP contribution in [0.15, 0.2) is 36.4 Å². The minimum atomic E-state index is -4.49. The smallest absolute Gasteiger partial charge is 0.326 e. The number of rotatable bonds is 2. The van der Waals surface area contributed by atoms with Crippen molar-refractivity contribution in [3.8, 4) is 11.1 Å². The summed E-state index contributed by atoms with van der Waals surface area (Å²) in [5, 5.41) is 0. The molecule has 0 aliphatic carbocycles. The molecule has 106 valence electrons. The maximum Gasteiger partial charge on any atom is 0.416 e. The maximum absolute atomic E-state index is 13.2. The van der Waals surface area contributed by atoms with Gasteiger partial charge in [0.25, 0.3) is 0 Å². The van der Waals surface area contributed by atoms with Crippen LogP contribution in [0.3, 0.4) is 0 Å². The molecule has 0 spiro atoms. The van der Waals surface area contributed by atoms with Crippen LogP contribution in [0, 0.1) is 11.6 Å². The lowest BCUT2D eigenvalue weighted by Gasteiger charge is -2.13. The van der Waals surface area contributed by atoms with E-state index in [0.29, 0.717) is 6.07 Å². The Bertz CT molecular complexity index is 614. The van der Waals surface area contributed by atoms with Gasteiger partial charge in [-0.2, -0.15) is 13.2 Å². The standard InChI is InChI=1S/C14H10F5N/c15-11-4-8(5-12(16)6-11)13-2-1-10(14(17,18)19)3-9(13)7-20/h1-6H,7,20H2. The normalized spacial score (nSPS) is 11.7. The van der Waals surface area contributed by atoms with Crippen LogP contribution in [0.4, 0.5) is 22.0 Å². The Kier molecular flexibility index (Phi) is 3.76. The van der Waals surface area contributed by atoms with Crippen molar-refractivity contribution in [3.63, 3.8) is 0 Å². The highest BCUT2D eigenvalue weighted by Crippen LogP contribution is 2.33. The molecule has 2 rings (SSSR count). The first kappa shape index (κ1) is 14.5. The second kappa shape index (κ2) is 5.20. The predicted molar refractivity (Wildman–Crippen MR) is 64.7 cm³/mol. The van der Waals surface area contributed by atoms with Crippen molar-refractivity contribution in [2.75, 3.05) is 0 Å². The van der Waals surface area contributed by atoms with Gasteiger partial charge in [0.15, 0.2) is 0 Å². The molecule has 20 heavy (non-hydrogen) atoms. The van der Waals surface area contributed by atoms with Gasteiger partial charge in [-0.1, -0.05) is 6.07 Å². The second-order valence-corrected chi connectivity index (χ2v) is 4.23. The Labute approximate surface area is 111 Å². The van der Waals surface area contributed by atoms with Crippen molar-refractivity contribution in [2.24, 2.45) is 5.73 Å². The van der Waals surface area contributed by atoms with E-state index in [9.17, 15) is 22.0 Å². The SMILES string of the molecule is NCc1cc(C(F)(F)F)ccc1-c1cc(F)cc(F)c1. The fourth-order valence-corrected chi connectivity index (χ4v) is 1.93. The van der Waals surface area contributed by atoms with Crippen LogP contribution >= 0.6 is 0 Å². The highest BCUT2D eigenvalue weighted by atomic mass is 19.4. The van der Waals surface area contributed by atoms with Gasteiger partial charge in [0.2, 0.25) is 0 Å². The Morgan fingerprint density at radius 2 is 1.50 bits per heavy atom. The molecule has 2 aromatic carbocycles. The summed E-state index contributed by atoms with van der Waals surface area (Å²) in [5.41, 5.74) is 5.17. The number of alkyl halides is 3. The van der Waals surface area contributed by atoms with Crippen LogP contribution < -0.4 is 5.73 Å². The molecule has 0 fully saturated rings. The van der Waals surface area contributed by atoms with Gasteiger partial charge < -0.3 is 5.73 Å². The van der Waals surface area contributed by atoms with E-state index in [4.69, 9.17) is 5.73 Å². The van der Waals surface area contributed by atoms with Crippen LogP contribution in [-0.4, -0.2) is 0 Å². The molecule has 0 heterocycles. The Morgan fingerprint density at radius 3 is 2.00 bits per heavy atom. The quantitative estimate of drug-likeness (QED) is 0.826. The van der Waals surface area contributed by atoms with Crippen molar-refractivity contribution in [1.29, 1.82) is 0 Å². The molecule has 0 amide bonds. The van der Waals surface area contributed by atoms with E-state index >= 15 is 0 Å². The number of nitrogens with two attached hydrogens (primary N) is 1. The van der Waals surface area contributed by atoms with Crippen LogP contribution in [0.2, 0.25) is 0 Å². The summed E-state index contributed by atoms with van der Waals surface area (Å²) >= 11 is 0. The van der Waals surface area contributed by atoms with Gasteiger partial charge in [-0.05, 0) is 41.0 Å². The van der Waals surface area contributed by atoms with E-state index in [1.807, 2.05) is 0 Å². The van der Waals surface area contributed by atoms with Crippen molar-refractivity contribution >= 4 is 0 Å². The molecular weight excluding hydrogens is 277 g/mol. The van der Waals surface area contributed by atoms with E-state index in [0.717, 1.165) is 24.3 Å². The van der Waals surface area contributed by atoms with E-state index in [1.54, 1.807) is 0 Å². The van der Waals surface area contributed by atoms with Crippen molar-refractivity contribution in [3.05, 3.63) is 59.2 Å². The Morgan fingerprint density at radius 1 is 0.900 bits per heavy atom. The molecule has 0 aliphatic rings. The minimum absolute atomic E-state index is 0.150. The summed E-state index contributed by atoms with van der Waals surface area (Å²) in [6.45, 7) is -0.169. The first-order valence-electron chi connectivity index (χ1n) is 5.68. The molecule has 0 bridgehead atoms. The molecule has 0 atom stereocenters. The zero-order valence-corrected chi connectivity index (χ0v) is 10.1. The van der Waals surface area contributed by atoms with Gasteiger partial charge in [-0.15, -0.1) is 0 Å². The first-order chi connectivity index (χ1) is 9.31. The Balaban J connectivity index is 2.57. The van der Waals surface area contributed by atoms with Crippen LogP contribution in [0.1, 0.15) is 11.1 Å². The molecule has 0 saturated carbocycles. The third-order valence-corrected chi connectivity index (χ3v) is 2.83. The van der Waals surface area contributed by atoms with Crippen LogP contribution in [0.25, 0.3) is 11.1 Å². The third-order valence-electron chi connectivity index (χ3n) is 2.83. The molecule has 2 aromatic rings. The molecular formula is C14H10F5N. The lowest BCUT2D eigenvalue weighted by Crippen LogP contribution is -2.08. The van der Waals surface area contributed by atoms with Gasteiger partial charge in [0.1, 0.15) is 11.6 Å². The van der Waals surface area contributed by atoms with Crippen molar-refractivity contribution < 1.29 is 22.0 Å². The molecule has 0 saturated heterocycles. The molecule has 1 nitrogen and oxygen atoms in total. The van der Waals surface area contributed by atoms with E-state index in [1.165, 1.54) is 6.07 Å². The average Bonchev–Trinajstić information content (AvgIpc) is 2.35. The largest absolute Gasteiger partial charge is 0.416 e.